The van der Waals surface area contributed by atoms with Crippen LogP contribution in [0.25, 0.3) is 0 Å². The molecule has 0 fully saturated rings. The predicted molar refractivity (Wildman–Crippen MR) is 79.0 cm³/mol. The van der Waals surface area contributed by atoms with Gasteiger partial charge >= 0.3 is 5.97 Å². The number of hydrogen-bond donors (Lipinski definition) is 2. The van der Waals surface area contributed by atoms with Gasteiger partial charge in [0.15, 0.2) is 0 Å². The molecule has 0 spiro atoms. The lowest BCUT2D eigenvalue weighted by Gasteiger charge is -2.06. The minimum atomic E-state index is -1.03. The summed E-state index contributed by atoms with van der Waals surface area (Å²) in [6, 6.07) is 12.7. The molecule has 21 heavy (non-hydrogen) atoms. The molecule has 1 heterocycles. The third-order valence-electron chi connectivity index (χ3n) is 2.94. The summed E-state index contributed by atoms with van der Waals surface area (Å²) in [5.41, 5.74) is 1.80. The van der Waals surface area contributed by atoms with E-state index in [9.17, 15) is 4.79 Å². The van der Waals surface area contributed by atoms with Crippen molar-refractivity contribution in [2.75, 3.05) is 13.2 Å². The van der Waals surface area contributed by atoms with Gasteiger partial charge in [-0.1, -0.05) is 30.3 Å². The molecule has 5 nitrogen and oxygen atoms in total. The lowest BCUT2D eigenvalue weighted by Crippen LogP contribution is -2.13. The smallest absolute Gasteiger partial charge is 0.335 e. The highest BCUT2D eigenvalue weighted by Crippen LogP contribution is 2.04. The molecule has 2 N–H and O–H groups in total. The first-order valence-corrected chi connectivity index (χ1v) is 6.55. The molecule has 0 aliphatic carbocycles. The molecule has 0 saturated carbocycles. The number of carbonyl (C=O) groups is 1. The Labute approximate surface area is 122 Å². The molecular weight excluding hydrogens is 268 g/mol. The molecule has 0 saturated heterocycles. The first kappa shape index (κ1) is 14.9. The normalized spacial score (nSPS) is 10.3. The SMILES string of the molecule is N=C(COCCc1ccccc1)c1cc(C(=O)O)ccn1. The van der Waals surface area contributed by atoms with E-state index in [1.54, 1.807) is 0 Å². The van der Waals surface area contributed by atoms with Crippen molar-refractivity contribution in [3.05, 3.63) is 65.5 Å². The monoisotopic (exact) mass is 284 g/mol. The summed E-state index contributed by atoms with van der Waals surface area (Å²) >= 11 is 0. The average Bonchev–Trinajstić information content (AvgIpc) is 2.52. The van der Waals surface area contributed by atoms with E-state index < -0.39 is 5.97 Å². The number of ether oxygens (including phenoxy) is 1. The van der Waals surface area contributed by atoms with Crippen molar-refractivity contribution in [3.8, 4) is 0 Å². The summed E-state index contributed by atoms with van der Waals surface area (Å²) < 4.78 is 5.44. The Bertz CT molecular complexity index is 626. The van der Waals surface area contributed by atoms with Crippen molar-refractivity contribution in [2.45, 2.75) is 6.42 Å². The minimum absolute atomic E-state index is 0.114. The third kappa shape index (κ3) is 4.50. The number of nitrogens with one attached hydrogen (secondary N) is 1. The zero-order valence-corrected chi connectivity index (χ0v) is 11.5. The van der Waals surface area contributed by atoms with E-state index in [0.29, 0.717) is 12.3 Å². The van der Waals surface area contributed by atoms with Gasteiger partial charge in [0.2, 0.25) is 0 Å². The van der Waals surface area contributed by atoms with Gasteiger partial charge in [-0.2, -0.15) is 0 Å². The molecule has 1 aromatic heterocycles. The van der Waals surface area contributed by atoms with Crippen molar-refractivity contribution in [2.24, 2.45) is 0 Å². The van der Waals surface area contributed by atoms with Crippen LogP contribution in [0.3, 0.4) is 0 Å². The molecule has 0 amide bonds. The molecular formula is C16H16N2O3. The molecule has 0 bridgehead atoms. The molecule has 108 valence electrons. The van der Waals surface area contributed by atoms with Crippen molar-refractivity contribution in [3.63, 3.8) is 0 Å². The van der Waals surface area contributed by atoms with E-state index >= 15 is 0 Å². The van der Waals surface area contributed by atoms with Crippen LogP contribution in [0.2, 0.25) is 0 Å². The second-order valence-electron chi connectivity index (χ2n) is 4.50. The van der Waals surface area contributed by atoms with Crippen LogP contribution in [0.5, 0.6) is 0 Å². The van der Waals surface area contributed by atoms with Crippen LogP contribution in [0.4, 0.5) is 0 Å². The number of pyridine rings is 1. The molecule has 2 aromatic rings. The number of rotatable bonds is 7. The summed E-state index contributed by atoms with van der Waals surface area (Å²) in [6.45, 7) is 0.619. The highest BCUT2D eigenvalue weighted by molar-refractivity contribution is 5.99. The lowest BCUT2D eigenvalue weighted by molar-refractivity contribution is 0.0696. The van der Waals surface area contributed by atoms with Crippen LogP contribution in [0, 0.1) is 5.41 Å². The van der Waals surface area contributed by atoms with Crippen LogP contribution >= 0.6 is 0 Å². The third-order valence-corrected chi connectivity index (χ3v) is 2.94. The van der Waals surface area contributed by atoms with Gasteiger partial charge < -0.3 is 15.3 Å². The summed E-state index contributed by atoms with van der Waals surface area (Å²) in [4.78, 5) is 14.9. The molecule has 0 atom stereocenters. The number of aromatic nitrogens is 1. The van der Waals surface area contributed by atoms with E-state index in [1.165, 1.54) is 23.9 Å². The Morgan fingerprint density at radius 2 is 2.00 bits per heavy atom. The highest BCUT2D eigenvalue weighted by Gasteiger charge is 2.08. The zero-order chi connectivity index (χ0) is 15.1. The quantitative estimate of drug-likeness (QED) is 0.604. The molecule has 0 aliphatic rings. The molecule has 0 radical (unpaired) electrons. The summed E-state index contributed by atoms with van der Waals surface area (Å²) in [7, 11) is 0. The van der Waals surface area contributed by atoms with Crippen LogP contribution in [0.15, 0.2) is 48.7 Å². The van der Waals surface area contributed by atoms with Gasteiger partial charge in [-0.3, -0.25) is 4.98 Å². The Kier molecular flexibility index (Phi) is 5.17. The maximum Gasteiger partial charge on any atom is 0.335 e. The maximum absolute atomic E-state index is 10.9. The Balaban J connectivity index is 1.82. The molecule has 5 heteroatoms. The maximum atomic E-state index is 10.9. The average molecular weight is 284 g/mol. The minimum Gasteiger partial charge on any atom is -0.478 e. The van der Waals surface area contributed by atoms with Crippen molar-refractivity contribution in [1.82, 2.24) is 4.98 Å². The number of carboxylic acids is 1. The van der Waals surface area contributed by atoms with Crippen molar-refractivity contribution in [1.29, 1.82) is 5.41 Å². The van der Waals surface area contributed by atoms with Crippen molar-refractivity contribution < 1.29 is 14.6 Å². The fourth-order valence-electron chi connectivity index (χ4n) is 1.81. The summed E-state index contributed by atoms with van der Waals surface area (Å²) in [5, 5.41) is 16.8. The Morgan fingerprint density at radius 3 is 2.71 bits per heavy atom. The Morgan fingerprint density at radius 1 is 1.24 bits per heavy atom. The fraction of sp³-hybridized carbons (Fsp3) is 0.188. The predicted octanol–water partition coefficient (Wildman–Crippen LogP) is 2.41. The first-order valence-electron chi connectivity index (χ1n) is 6.55. The van der Waals surface area contributed by atoms with E-state index in [0.717, 1.165) is 6.42 Å². The number of benzene rings is 1. The second-order valence-corrected chi connectivity index (χ2v) is 4.50. The molecule has 1 aromatic carbocycles. The molecule has 0 aliphatic heterocycles. The van der Waals surface area contributed by atoms with Gasteiger partial charge in [0.05, 0.1) is 30.2 Å². The summed E-state index contributed by atoms with van der Waals surface area (Å²) in [5.74, 6) is -1.03. The van der Waals surface area contributed by atoms with Gasteiger partial charge in [-0.25, -0.2) is 4.79 Å². The fourth-order valence-corrected chi connectivity index (χ4v) is 1.81. The van der Waals surface area contributed by atoms with Crippen molar-refractivity contribution >= 4 is 11.7 Å². The van der Waals surface area contributed by atoms with E-state index in [4.69, 9.17) is 15.3 Å². The van der Waals surface area contributed by atoms with Gasteiger partial charge in [-0.15, -0.1) is 0 Å². The van der Waals surface area contributed by atoms with Crippen LogP contribution < -0.4 is 0 Å². The molecule has 0 unspecified atom stereocenters. The van der Waals surface area contributed by atoms with Gasteiger partial charge in [0.1, 0.15) is 0 Å². The van der Waals surface area contributed by atoms with Gasteiger partial charge in [0, 0.05) is 6.20 Å². The zero-order valence-electron chi connectivity index (χ0n) is 11.5. The Hall–Kier alpha value is -2.53. The largest absolute Gasteiger partial charge is 0.478 e. The number of hydrogen-bond acceptors (Lipinski definition) is 4. The van der Waals surface area contributed by atoms with E-state index in [-0.39, 0.29) is 17.9 Å². The van der Waals surface area contributed by atoms with Crippen LogP contribution in [-0.2, 0) is 11.2 Å². The van der Waals surface area contributed by atoms with Gasteiger partial charge in [0.25, 0.3) is 0 Å². The standard InChI is InChI=1S/C16H16N2O3/c17-14(15-10-13(16(19)20)6-8-18-15)11-21-9-7-12-4-2-1-3-5-12/h1-6,8,10,17H,7,9,11H2,(H,19,20). The molecule has 2 rings (SSSR count). The highest BCUT2D eigenvalue weighted by atomic mass is 16.5. The van der Waals surface area contributed by atoms with Gasteiger partial charge in [-0.05, 0) is 24.1 Å². The number of nitrogens with zero attached hydrogens (tertiary/aromatic N) is 1. The van der Waals surface area contributed by atoms with Crippen LogP contribution in [0.1, 0.15) is 21.6 Å². The van der Waals surface area contributed by atoms with E-state index in [1.807, 2.05) is 30.3 Å². The lowest BCUT2D eigenvalue weighted by atomic mass is 10.1. The first-order chi connectivity index (χ1) is 10.2. The second kappa shape index (κ2) is 7.31. The topological polar surface area (TPSA) is 83.3 Å². The van der Waals surface area contributed by atoms with Crippen LogP contribution in [-0.4, -0.2) is 35.0 Å². The van der Waals surface area contributed by atoms with E-state index in [2.05, 4.69) is 4.98 Å². The number of carboxylic acid groups (broad SMARTS) is 1. The summed E-state index contributed by atoms with van der Waals surface area (Å²) in [6.07, 6.45) is 2.16. The number of aromatic carboxylic acids is 1.